The van der Waals surface area contributed by atoms with E-state index in [0.29, 0.717) is 17.1 Å². The number of methoxy groups -OCH3 is 1. The lowest BCUT2D eigenvalue weighted by Crippen LogP contribution is -2.14. The lowest BCUT2D eigenvalue weighted by molar-refractivity contribution is 0.318. The molecular weight excluding hydrogens is 246 g/mol. The lowest BCUT2D eigenvalue weighted by Gasteiger charge is -2.09. The van der Waals surface area contributed by atoms with Gasteiger partial charge >= 0.3 is 0 Å². The second kappa shape index (κ2) is 5.72. The van der Waals surface area contributed by atoms with Gasteiger partial charge in [-0.2, -0.15) is 0 Å². The number of nitrogens with zero attached hydrogens (tertiary/aromatic N) is 2. The maximum atomic E-state index is 8.72. The Kier molecular flexibility index (Phi) is 3.82. The summed E-state index contributed by atoms with van der Waals surface area (Å²) in [4.78, 5) is 4.06. The number of rotatable bonds is 4. The average Bonchev–Trinajstić information content (AvgIpc) is 2.47. The number of amidine groups is 1. The van der Waals surface area contributed by atoms with Crippen LogP contribution in [0.4, 0.5) is 0 Å². The Morgan fingerprint density at radius 2 is 2.05 bits per heavy atom. The Hall–Kier alpha value is -2.76. The minimum Gasteiger partial charge on any atom is -0.497 e. The maximum absolute atomic E-state index is 8.72. The average molecular weight is 259 g/mol. The van der Waals surface area contributed by atoms with Gasteiger partial charge in [0, 0.05) is 12.3 Å². The first-order chi connectivity index (χ1) is 9.24. The van der Waals surface area contributed by atoms with Gasteiger partial charge in [0.15, 0.2) is 5.84 Å². The number of nitrogens with two attached hydrogens (primary N) is 1. The van der Waals surface area contributed by atoms with E-state index in [1.54, 1.807) is 49.7 Å². The van der Waals surface area contributed by atoms with E-state index in [-0.39, 0.29) is 11.7 Å². The third-order valence-corrected chi connectivity index (χ3v) is 2.41. The van der Waals surface area contributed by atoms with Crippen LogP contribution in [0.5, 0.6) is 17.4 Å². The summed E-state index contributed by atoms with van der Waals surface area (Å²) >= 11 is 0. The first-order valence-corrected chi connectivity index (χ1v) is 5.49. The summed E-state index contributed by atoms with van der Waals surface area (Å²) in [7, 11) is 1.57. The smallest absolute Gasteiger partial charge is 0.230 e. The number of oxime groups is 1. The molecule has 6 heteroatoms. The monoisotopic (exact) mass is 259 g/mol. The highest BCUT2D eigenvalue weighted by Crippen LogP contribution is 2.25. The van der Waals surface area contributed by atoms with E-state index in [1.807, 2.05) is 0 Å². The van der Waals surface area contributed by atoms with Crippen LogP contribution in [-0.4, -0.2) is 23.1 Å². The Balaban J connectivity index is 2.33. The van der Waals surface area contributed by atoms with Crippen LogP contribution >= 0.6 is 0 Å². The Labute approximate surface area is 110 Å². The SMILES string of the molecule is COc1cccc(Oc2ncccc2/C(N)=N/O)c1. The van der Waals surface area contributed by atoms with Crippen LogP contribution in [0.2, 0.25) is 0 Å². The number of pyridine rings is 1. The van der Waals surface area contributed by atoms with Gasteiger partial charge in [-0.25, -0.2) is 4.98 Å². The van der Waals surface area contributed by atoms with Crippen molar-refractivity contribution >= 4 is 5.84 Å². The van der Waals surface area contributed by atoms with Crippen molar-refractivity contribution in [1.29, 1.82) is 0 Å². The van der Waals surface area contributed by atoms with Crippen molar-refractivity contribution in [1.82, 2.24) is 4.98 Å². The number of aromatic nitrogens is 1. The number of hydrogen-bond acceptors (Lipinski definition) is 5. The fourth-order valence-corrected chi connectivity index (χ4v) is 1.50. The molecule has 0 bridgehead atoms. The molecule has 1 heterocycles. The molecule has 0 aliphatic heterocycles. The summed E-state index contributed by atoms with van der Waals surface area (Å²) in [6, 6.07) is 10.4. The van der Waals surface area contributed by atoms with Crippen molar-refractivity contribution in [2.75, 3.05) is 7.11 Å². The molecule has 0 amide bonds. The second-order valence-electron chi connectivity index (χ2n) is 3.62. The summed E-state index contributed by atoms with van der Waals surface area (Å²) in [5.74, 6) is 1.40. The number of ether oxygens (including phenoxy) is 2. The molecule has 0 fully saturated rings. The van der Waals surface area contributed by atoms with Gasteiger partial charge in [-0.05, 0) is 24.3 Å². The van der Waals surface area contributed by atoms with Crippen molar-refractivity contribution in [2.45, 2.75) is 0 Å². The summed E-state index contributed by atoms with van der Waals surface area (Å²) in [6.45, 7) is 0. The van der Waals surface area contributed by atoms with E-state index in [0.717, 1.165) is 0 Å². The van der Waals surface area contributed by atoms with Crippen LogP contribution in [0.3, 0.4) is 0 Å². The van der Waals surface area contributed by atoms with Crippen LogP contribution in [0, 0.1) is 0 Å². The first-order valence-electron chi connectivity index (χ1n) is 5.49. The molecule has 0 atom stereocenters. The third-order valence-electron chi connectivity index (χ3n) is 2.41. The van der Waals surface area contributed by atoms with Gasteiger partial charge in [-0.3, -0.25) is 0 Å². The zero-order valence-electron chi connectivity index (χ0n) is 10.3. The molecule has 3 N–H and O–H groups in total. The van der Waals surface area contributed by atoms with Crippen molar-refractivity contribution in [2.24, 2.45) is 10.9 Å². The van der Waals surface area contributed by atoms with E-state index in [9.17, 15) is 0 Å². The molecule has 98 valence electrons. The van der Waals surface area contributed by atoms with Crippen LogP contribution in [-0.2, 0) is 0 Å². The van der Waals surface area contributed by atoms with Crippen LogP contribution in [0.25, 0.3) is 0 Å². The minimum atomic E-state index is -0.0639. The molecule has 2 rings (SSSR count). The predicted molar refractivity (Wildman–Crippen MR) is 69.8 cm³/mol. The summed E-state index contributed by atoms with van der Waals surface area (Å²) < 4.78 is 10.7. The molecule has 1 aromatic carbocycles. The molecule has 0 aliphatic rings. The molecule has 0 saturated carbocycles. The van der Waals surface area contributed by atoms with Crippen molar-refractivity contribution in [3.63, 3.8) is 0 Å². The zero-order chi connectivity index (χ0) is 13.7. The second-order valence-corrected chi connectivity index (χ2v) is 3.62. The molecule has 0 spiro atoms. The number of benzene rings is 1. The Morgan fingerprint density at radius 3 is 2.79 bits per heavy atom. The van der Waals surface area contributed by atoms with Crippen molar-refractivity contribution in [3.05, 3.63) is 48.2 Å². The summed E-state index contributed by atoms with van der Waals surface area (Å²) in [5, 5.41) is 11.7. The summed E-state index contributed by atoms with van der Waals surface area (Å²) in [6.07, 6.45) is 1.56. The van der Waals surface area contributed by atoms with Crippen LogP contribution in [0.15, 0.2) is 47.8 Å². The predicted octanol–water partition coefficient (Wildman–Crippen LogP) is 1.98. The molecule has 0 unspecified atom stereocenters. The molecule has 0 aliphatic carbocycles. The molecule has 0 radical (unpaired) electrons. The molecule has 1 aromatic heterocycles. The van der Waals surface area contributed by atoms with E-state index in [4.69, 9.17) is 20.4 Å². The first kappa shape index (κ1) is 12.7. The van der Waals surface area contributed by atoms with Gasteiger partial charge in [-0.15, -0.1) is 0 Å². The van der Waals surface area contributed by atoms with Gasteiger partial charge in [-0.1, -0.05) is 11.2 Å². The highest BCUT2D eigenvalue weighted by atomic mass is 16.5. The zero-order valence-corrected chi connectivity index (χ0v) is 10.3. The van der Waals surface area contributed by atoms with Crippen molar-refractivity contribution < 1.29 is 14.7 Å². The van der Waals surface area contributed by atoms with E-state index in [1.165, 1.54) is 0 Å². The molecule has 19 heavy (non-hydrogen) atoms. The van der Waals surface area contributed by atoms with E-state index < -0.39 is 0 Å². The van der Waals surface area contributed by atoms with E-state index in [2.05, 4.69) is 10.1 Å². The normalized spacial score (nSPS) is 11.1. The van der Waals surface area contributed by atoms with Gasteiger partial charge < -0.3 is 20.4 Å². The van der Waals surface area contributed by atoms with Gasteiger partial charge in [0.1, 0.15) is 11.5 Å². The molecule has 0 saturated heterocycles. The highest BCUT2D eigenvalue weighted by molar-refractivity contribution is 5.99. The summed E-state index contributed by atoms with van der Waals surface area (Å²) in [5.41, 5.74) is 5.97. The third kappa shape index (κ3) is 2.92. The van der Waals surface area contributed by atoms with Crippen LogP contribution in [0.1, 0.15) is 5.56 Å². The molecule has 6 nitrogen and oxygen atoms in total. The molecular formula is C13H13N3O3. The highest BCUT2D eigenvalue weighted by Gasteiger charge is 2.10. The minimum absolute atomic E-state index is 0.0639. The topological polar surface area (TPSA) is 90.0 Å². The van der Waals surface area contributed by atoms with Gasteiger partial charge in [0.25, 0.3) is 0 Å². The van der Waals surface area contributed by atoms with Crippen LogP contribution < -0.4 is 15.2 Å². The Bertz CT molecular complexity index is 599. The van der Waals surface area contributed by atoms with Gasteiger partial charge in [0.2, 0.25) is 5.88 Å². The Morgan fingerprint density at radius 1 is 1.26 bits per heavy atom. The fraction of sp³-hybridized carbons (Fsp3) is 0.0769. The quantitative estimate of drug-likeness (QED) is 0.379. The van der Waals surface area contributed by atoms with Crippen molar-refractivity contribution in [3.8, 4) is 17.4 Å². The largest absolute Gasteiger partial charge is 0.497 e. The van der Waals surface area contributed by atoms with E-state index >= 15 is 0 Å². The van der Waals surface area contributed by atoms with Gasteiger partial charge in [0.05, 0.1) is 12.7 Å². The maximum Gasteiger partial charge on any atom is 0.230 e. The molecule has 2 aromatic rings. The lowest BCUT2D eigenvalue weighted by atomic mass is 10.2. The number of hydrogen-bond donors (Lipinski definition) is 2. The fourth-order valence-electron chi connectivity index (χ4n) is 1.50. The standard InChI is InChI=1S/C13H13N3O3/c1-18-9-4-2-5-10(8-9)19-13-11(12(14)16-17)6-3-7-15-13/h2-8,17H,1H3,(H2,14,16).